The molecule has 0 spiro atoms. The van der Waals surface area contributed by atoms with Crippen molar-refractivity contribution in [1.82, 2.24) is 0 Å². The van der Waals surface area contributed by atoms with Gasteiger partial charge in [0.05, 0.1) is 12.5 Å². The van der Waals surface area contributed by atoms with E-state index in [-0.39, 0.29) is 11.3 Å². The van der Waals surface area contributed by atoms with E-state index in [1.165, 1.54) is 18.2 Å². The van der Waals surface area contributed by atoms with E-state index in [0.717, 1.165) is 0 Å². The third kappa shape index (κ3) is 2.58. The molecule has 0 fully saturated rings. The highest BCUT2D eigenvalue weighted by atomic mass is 19.4. The molecule has 0 aliphatic rings. The summed E-state index contributed by atoms with van der Waals surface area (Å²) in [6, 6.07) is 4.18. The Hall–Kier alpha value is -1.56. The van der Waals surface area contributed by atoms with Crippen LogP contribution in [0.15, 0.2) is 28.7 Å². The number of furan rings is 1. The van der Waals surface area contributed by atoms with E-state index in [9.17, 15) is 17.6 Å². The summed E-state index contributed by atoms with van der Waals surface area (Å²) in [5.41, 5.74) is 5.29. The van der Waals surface area contributed by atoms with Crippen LogP contribution in [-0.4, -0.2) is 6.18 Å². The van der Waals surface area contributed by atoms with Gasteiger partial charge in [0, 0.05) is 5.39 Å². The highest BCUT2D eigenvalue weighted by Crippen LogP contribution is 2.31. The molecule has 1 atom stereocenters. The van der Waals surface area contributed by atoms with Crippen molar-refractivity contribution in [3.8, 4) is 0 Å². The van der Waals surface area contributed by atoms with Gasteiger partial charge in [-0.1, -0.05) is 12.1 Å². The zero-order valence-corrected chi connectivity index (χ0v) is 8.59. The second-order valence-corrected chi connectivity index (χ2v) is 3.73. The second kappa shape index (κ2) is 4.03. The molecule has 1 unspecified atom stereocenters. The molecule has 2 aromatic rings. The number of nitrogens with two attached hydrogens (primary N) is 1. The zero-order valence-electron chi connectivity index (χ0n) is 8.59. The quantitative estimate of drug-likeness (QED) is 0.824. The lowest BCUT2D eigenvalue weighted by Crippen LogP contribution is -2.19. The van der Waals surface area contributed by atoms with Gasteiger partial charge in [-0.25, -0.2) is 4.39 Å². The van der Waals surface area contributed by atoms with Crippen molar-refractivity contribution >= 4 is 11.0 Å². The fraction of sp³-hybridized carbons (Fsp3) is 0.273. The Kier molecular flexibility index (Phi) is 2.82. The standard InChI is InChI=1S/C11H9F4NO/c12-7-3-1-2-6-4-9(17-10(6)7)8(16)5-11(13,14)15/h1-4,8H,5,16H2. The van der Waals surface area contributed by atoms with Gasteiger partial charge in [0.2, 0.25) is 0 Å². The molecule has 17 heavy (non-hydrogen) atoms. The second-order valence-electron chi connectivity index (χ2n) is 3.73. The summed E-state index contributed by atoms with van der Waals surface area (Å²) in [7, 11) is 0. The molecule has 1 heterocycles. The minimum absolute atomic E-state index is 0.0672. The number of hydrogen-bond donors (Lipinski definition) is 1. The molecule has 0 bridgehead atoms. The summed E-state index contributed by atoms with van der Waals surface area (Å²) in [5.74, 6) is -0.685. The largest absolute Gasteiger partial charge is 0.456 e. The predicted molar refractivity (Wildman–Crippen MR) is 53.8 cm³/mol. The van der Waals surface area contributed by atoms with Gasteiger partial charge >= 0.3 is 6.18 Å². The molecule has 2 rings (SSSR count). The lowest BCUT2D eigenvalue weighted by molar-refractivity contribution is -0.139. The molecule has 2 N–H and O–H groups in total. The van der Waals surface area contributed by atoms with E-state index < -0.39 is 24.5 Å². The molecular weight excluding hydrogens is 238 g/mol. The molecule has 92 valence electrons. The van der Waals surface area contributed by atoms with Crippen LogP contribution >= 0.6 is 0 Å². The van der Waals surface area contributed by atoms with Crippen molar-refractivity contribution in [3.63, 3.8) is 0 Å². The lowest BCUT2D eigenvalue weighted by atomic mass is 10.1. The Balaban J connectivity index is 2.34. The van der Waals surface area contributed by atoms with Gasteiger partial charge in [0.1, 0.15) is 5.76 Å². The summed E-state index contributed by atoms with van der Waals surface area (Å²) in [5, 5.41) is 0.401. The molecule has 0 saturated carbocycles. The molecule has 2 nitrogen and oxygen atoms in total. The maximum atomic E-state index is 13.2. The summed E-state index contributed by atoms with van der Waals surface area (Å²) >= 11 is 0. The minimum atomic E-state index is -4.38. The molecule has 0 aliphatic heterocycles. The van der Waals surface area contributed by atoms with Crippen LogP contribution in [0.3, 0.4) is 0 Å². The van der Waals surface area contributed by atoms with E-state index >= 15 is 0 Å². The first-order valence-electron chi connectivity index (χ1n) is 4.87. The summed E-state index contributed by atoms with van der Waals surface area (Å²) < 4.78 is 54.6. The topological polar surface area (TPSA) is 39.2 Å². The third-order valence-corrected chi connectivity index (χ3v) is 2.33. The average Bonchev–Trinajstić information content (AvgIpc) is 2.60. The van der Waals surface area contributed by atoms with Crippen LogP contribution in [-0.2, 0) is 0 Å². The van der Waals surface area contributed by atoms with E-state index in [2.05, 4.69) is 0 Å². The van der Waals surface area contributed by atoms with E-state index in [1.807, 2.05) is 0 Å². The summed E-state index contributed by atoms with van der Waals surface area (Å²) in [6.07, 6.45) is -5.58. The van der Waals surface area contributed by atoms with Crippen molar-refractivity contribution in [1.29, 1.82) is 0 Å². The predicted octanol–water partition coefficient (Wildman–Crippen LogP) is 3.52. The SMILES string of the molecule is NC(CC(F)(F)F)c1cc2cccc(F)c2o1. The van der Waals surface area contributed by atoms with Crippen LogP contribution in [0, 0.1) is 5.82 Å². The maximum absolute atomic E-state index is 13.2. The highest BCUT2D eigenvalue weighted by molar-refractivity contribution is 5.78. The Bertz CT molecular complexity index is 532. The fourth-order valence-electron chi connectivity index (χ4n) is 1.58. The number of alkyl halides is 3. The highest BCUT2D eigenvalue weighted by Gasteiger charge is 2.32. The Morgan fingerprint density at radius 2 is 2.00 bits per heavy atom. The molecule has 1 aromatic carbocycles. The monoisotopic (exact) mass is 247 g/mol. The summed E-state index contributed by atoms with van der Waals surface area (Å²) in [4.78, 5) is 0. The lowest BCUT2D eigenvalue weighted by Gasteiger charge is -2.11. The Labute approximate surface area is 94.0 Å². The number of benzene rings is 1. The third-order valence-electron chi connectivity index (χ3n) is 2.33. The number of rotatable bonds is 2. The first kappa shape index (κ1) is 11.9. The average molecular weight is 247 g/mol. The maximum Gasteiger partial charge on any atom is 0.391 e. The molecule has 0 saturated heterocycles. The van der Waals surface area contributed by atoms with Gasteiger partial charge in [0.15, 0.2) is 11.4 Å². The molecule has 0 aliphatic carbocycles. The summed E-state index contributed by atoms with van der Waals surface area (Å²) in [6.45, 7) is 0. The van der Waals surface area contributed by atoms with Gasteiger partial charge in [-0.05, 0) is 12.1 Å². The Morgan fingerprint density at radius 3 is 2.59 bits per heavy atom. The van der Waals surface area contributed by atoms with Gasteiger partial charge < -0.3 is 10.2 Å². The minimum Gasteiger partial charge on any atom is -0.456 e. The zero-order chi connectivity index (χ0) is 12.6. The van der Waals surface area contributed by atoms with Gasteiger partial charge in [-0.2, -0.15) is 13.2 Å². The number of halogens is 4. The van der Waals surface area contributed by atoms with Crippen LogP contribution in [0.4, 0.5) is 17.6 Å². The normalized spacial score (nSPS) is 14.2. The van der Waals surface area contributed by atoms with E-state index in [1.54, 1.807) is 6.07 Å². The van der Waals surface area contributed by atoms with E-state index in [0.29, 0.717) is 5.39 Å². The van der Waals surface area contributed by atoms with Crippen molar-refractivity contribution in [2.45, 2.75) is 18.6 Å². The van der Waals surface area contributed by atoms with Crippen molar-refractivity contribution in [2.24, 2.45) is 5.73 Å². The smallest absolute Gasteiger partial charge is 0.391 e. The molecule has 0 amide bonds. The van der Waals surface area contributed by atoms with Crippen LogP contribution in [0.25, 0.3) is 11.0 Å². The molecule has 0 radical (unpaired) electrons. The van der Waals surface area contributed by atoms with Crippen LogP contribution in [0.5, 0.6) is 0 Å². The number of hydrogen-bond acceptors (Lipinski definition) is 2. The van der Waals surface area contributed by atoms with Crippen LogP contribution in [0.1, 0.15) is 18.2 Å². The number of para-hydroxylation sites is 1. The fourth-order valence-corrected chi connectivity index (χ4v) is 1.58. The molecule has 1 aromatic heterocycles. The van der Waals surface area contributed by atoms with Crippen LogP contribution < -0.4 is 5.73 Å². The van der Waals surface area contributed by atoms with Crippen molar-refractivity contribution in [2.75, 3.05) is 0 Å². The first-order valence-corrected chi connectivity index (χ1v) is 4.87. The molecular formula is C11H9F4NO. The van der Waals surface area contributed by atoms with Crippen molar-refractivity contribution < 1.29 is 22.0 Å². The van der Waals surface area contributed by atoms with Gasteiger partial charge in [-0.15, -0.1) is 0 Å². The molecule has 6 heteroatoms. The Morgan fingerprint density at radius 1 is 1.29 bits per heavy atom. The first-order chi connectivity index (χ1) is 7.87. The van der Waals surface area contributed by atoms with Crippen LogP contribution in [0.2, 0.25) is 0 Å². The van der Waals surface area contributed by atoms with Crippen molar-refractivity contribution in [3.05, 3.63) is 35.8 Å². The van der Waals surface area contributed by atoms with Gasteiger partial charge in [0.25, 0.3) is 0 Å². The number of fused-ring (bicyclic) bond motifs is 1. The van der Waals surface area contributed by atoms with Gasteiger partial charge in [-0.3, -0.25) is 0 Å². The van der Waals surface area contributed by atoms with E-state index in [4.69, 9.17) is 10.2 Å².